The van der Waals surface area contributed by atoms with Gasteiger partial charge >= 0.3 is 0 Å². The molecule has 0 saturated heterocycles. The molecule has 1 nitrogen and oxygen atoms in total. The fraction of sp³-hybridized carbons (Fsp3) is 1.00. The second kappa shape index (κ2) is 23.0. The van der Waals surface area contributed by atoms with E-state index < -0.39 is 0 Å². The number of nitrogens with zero attached hydrogens (tertiary/aromatic N) is 1. The lowest BCUT2D eigenvalue weighted by molar-refractivity contribution is -0.910. The maximum atomic E-state index is 2.56. The SMILES string of the molecule is CCCCCCCC[N+](C)(CCCCCCCC)CCCCCCCC.[I-]. The van der Waals surface area contributed by atoms with Gasteiger partial charge in [0, 0.05) is 0 Å². The summed E-state index contributed by atoms with van der Waals surface area (Å²) in [6, 6.07) is 0. The Labute approximate surface area is 191 Å². The van der Waals surface area contributed by atoms with Crippen LogP contribution in [0.3, 0.4) is 0 Å². The summed E-state index contributed by atoms with van der Waals surface area (Å²) in [5.41, 5.74) is 0. The van der Waals surface area contributed by atoms with Crippen LogP contribution in [-0.2, 0) is 0 Å². The molecule has 0 aromatic rings. The monoisotopic (exact) mass is 495 g/mol. The molecule has 0 aliphatic rings. The van der Waals surface area contributed by atoms with Crippen molar-refractivity contribution in [2.45, 2.75) is 136 Å². The van der Waals surface area contributed by atoms with Gasteiger partial charge in [-0.3, -0.25) is 0 Å². The molecule has 0 radical (unpaired) electrons. The summed E-state index contributed by atoms with van der Waals surface area (Å²) < 4.78 is 1.36. The zero-order valence-corrected chi connectivity index (χ0v) is 21.8. The van der Waals surface area contributed by atoms with E-state index in [0.29, 0.717) is 0 Å². The van der Waals surface area contributed by atoms with Crippen LogP contribution in [0.5, 0.6) is 0 Å². The summed E-state index contributed by atoms with van der Waals surface area (Å²) in [5.74, 6) is 0. The van der Waals surface area contributed by atoms with Crippen molar-refractivity contribution in [3.05, 3.63) is 0 Å². The highest BCUT2D eigenvalue weighted by Gasteiger charge is 2.20. The second-order valence-corrected chi connectivity index (χ2v) is 9.09. The number of rotatable bonds is 21. The Bertz CT molecular complexity index is 226. The van der Waals surface area contributed by atoms with Gasteiger partial charge in [0.1, 0.15) is 0 Å². The van der Waals surface area contributed by atoms with E-state index >= 15 is 0 Å². The lowest BCUT2D eigenvalue weighted by Gasteiger charge is -2.35. The van der Waals surface area contributed by atoms with Gasteiger partial charge in [-0.05, 0) is 38.5 Å². The topological polar surface area (TPSA) is 0 Å². The average molecular weight is 496 g/mol. The standard InChI is InChI=1S/C25H54N.HI/c1-5-8-11-14-17-20-23-26(4,24-21-18-15-12-9-6-2)25-22-19-16-13-10-7-3;/h5-25H2,1-4H3;1H/q+1;/p-1. The predicted octanol–water partition coefficient (Wildman–Crippen LogP) is 5.52. The summed E-state index contributed by atoms with van der Waals surface area (Å²) in [6.07, 6.45) is 25.9. The van der Waals surface area contributed by atoms with E-state index in [0.717, 1.165) is 0 Å². The maximum absolute atomic E-state index is 2.56. The van der Waals surface area contributed by atoms with Gasteiger partial charge in [-0.1, -0.05) is 97.8 Å². The highest BCUT2D eigenvalue weighted by atomic mass is 127. The van der Waals surface area contributed by atoms with Crippen LogP contribution in [0, 0.1) is 0 Å². The lowest BCUT2D eigenvalue weighted by atomic mass is 10.1. The predicted molar refractivity (Wildman–Crippen MR) is 121 cm³/mol. The molecule has 0 heterocycles. The molecule has 27 heavy (non-hydrogen) atoms. The van der Waals surface area contributed by atoms with Crippen molar-refractivity contribution in [2.75, 3.05) is 26.7 Å². The average Bonchev–Trinajstić information content (AvgIpc) is 2.64. The first-order valence-electron chi connectivity index (χ1n) is 12.5. The van der Waals surface area contributed by atoms with Crippen LogP contribution >= 0.6 is 0 Å². The molecule has 0 saturated carbocycles. The number of halogens is 1. The molecule has 0 aromatic carbocycles. The first-order chi connectivity index (χ1) is 12.7. The molecular formula is C25H54IN. The molecule has 0 aliphatic heterocycles. The van der Waals surface area contributed by atoms with Gasteiger partial charge in [0.05, 0.1) is 26.7 Å². The number of hydrogen-bond donors (Lipinski definition) is 0. The molecule has 0 unspecified atom stereocenters. The maximum Gasteiger partial charge on any atom is 0.0784 e. The van der Waals surface area contributed by atoms with Gasteiger partial charge in [-0.25, -0.2) is 0 Å². The molecule has 166 valence electrons. The molecule has 0 aromatic heterocycles. The highest BCUT2D eigenvalue weighted by molar-refractivity contribution is 4.51. The van der Waals surface area contributed by atoms with Gasteiger partial charge in [0.2, 0.25) is 0 Å². The Morgan fingerprint density at radius 2 is 0.593 bits per heavy atom. The Morgan fingerprint density at radius 1 is 0.370 bits per heavy atom. The molecule has 2 heteroatoms. The molecule has 0 rings (SSSR count). The van der Waals surface area contributed by atoms with E-state index in [9.17, 15) is 0 Å². The fourth-order valence-electron chi connectivity index (χ4n) is 4.16. The van der Waals surface area contributed by atoms with Crippen molar-refractivity contribution in [3.63, 3.8) is 0 Å². The minimum Gasteiger partial charge on any atom is -1.00 e. The van der Waals surface area contributed by atoms with Crippen LogP contribution in [0.4, 0.5) is 0 Å². The second-order valence-electron chi connectivity index (χ2n) is 9.09. The lowest BCUT2D eigenvalue weighted by Crippen LogP contribution is -3.00. The first kappa shape index (κ1) is 29.9. The third-order valence-electron chi connectivity index (χ3n) is 6.15. The van der Waals surface area contributed by atoms with Gasteiger partial charge in [-0.15, -0.1) is 0 Å². The summed E-state index contributed by atoms with van der Waals surface area (Å²) in [7, 11) is 2.56. The summed E-state index contributed by atoms with van der Waals surface area (Å²) in [4.78, 5) is 0. The largest absolute Gasteiger partial charge is 1.00 e. The van der Waals surface area contributed by atoms with Gasteiger partial charge in [-0.2, -0.15) is 0 Å². The van der Waals surface area contributed by atoms with E-state index in [1.807, 2.05) is 0 Å². The Kier molecular flexibility index (Phi) is 25.4. The molecule has 0 amide bonds. The van der Waals surface area contributed by atoms with Crippen LogP contribution in [-0.4, -0.2) is 31.2 Å². The van der Waals surface area contributed by atoms with Crippen molar-refractivity contribution >= 4 is 0 Å². The zero-order valence-electron chi connectivity index (χ0n) is 19.7. The fourth-order valence-corrected chi connectivity index (χ4v) is 4.16. The van der Waals surface area contributed by atoms with Gasteiger partial charge in [0.25, 0.3) is 0 Å². The molecule has 0 bridgehead atoms. The van der Waals surface area contributed by atoms with E-state index in [1.165, 1.54) is 140 Å². The van der Waals surface area contributed by atoms with Crippen molar-refractivity contribution in [1.82, 2.24) is 0 Å². The normalized spacial score (nSPS) is 11.6. The molecule has 0 atom stereocenters. The van der Waals surface area contributed by atoms with Crippen LogP contribution in [0.25, 0.3) is 0 Å². The Hall–Kier alpha value is 0.690. The van der Waals surface area contributed by atoms with Crippen LogP contribution < -0.4 is 24.0 Å². The van der Waals surface area contributed by atoms with Crippen molar-refractivity contribution in [1.29, 1.82) is 0 Å². The molecule has 0 N–H and O–H groups in total. The van der Waals surface area contributed by atoms with E-state index in [-0.39, 0.29) is 24.0 Å². The van der Waals surface area contributed by atoms with E-state index in [2.05, 4.69) is 27.8 Å². The van der Waals surface area contributed by atoms with Crippen LogP contribution in [0.2, 0.25) is 0 Å². The first-order valence-corrected chi connectivity index (χ1v) is 12.5. The molecule has 0 aliphatic carbocycles. The zero-order chi connectivity index (χ0) is 19.3. The summed E-state index contributed by atoms with van der Waals surface area (Å²) in [5, 5.41) is 0. The number of quaternary nitrogens is 1. The van der Waals surface area contributed by atoms with Gasteiger partial charge in [0.15, 0.2) is 0 Å². The summed E-state index contributed by atoms with van der Waals surface area (Å²) in [6.45, 7) is 11.2. The van der Waals surface area contributed by atoms with E-state index in [1.54, 1.807) is 0 Å². The molecule has 0 spiro atoms. The Balaban J connectivity index is 0. The van der Waals surface area contributed by atoms with Crippen LogP contribution in [0.1, 0.15) is 136 Å². The number of unbranched alkanes of at least 4 members (excludes halogenated alkanes) is 15. The molecular weight excluding hydrogens is 441 g/mol. The minimum atomic E-state index is 0. The summed E-state index contributed by atoms with van der Waals surface area (Å²) >= 11 is 0. The number of hydrogen-bond acceptors (Lipinski definition) is 0. The minimum absolute atomic E-state index is 0. The quantitative estimate of drug-likeness (QED) is 0.112. The van der Waals surface area contributed by atoms with Crippen molar-refractivity contribution in [2.24, 2.45) is 0 Å². The third kappa shape index (κ3) is 21.2. The van der Waals surface area contributed by atoms with Crippen LogP contribution in [0.15, 0.2) is 0 Å². The smallest absolute Gasteiger partial charge is 0.0784 e. The van der Waals surface area contributed by atoms with E-state index in [4.69, 9.17) is 0 Å². The Morgan fingerprint density at radius 3 is 0.852 bits per heavy atom. The highest BCUT2D eigenvalue weighted by Crippen LogP contribution is 2.16. The van der Waals surface area contributed by atoms with Gasteiger partial charge < -0.3 is 28.5 Å². The van der Waals surface area contributed by atoms with Crippen molar-refractivity contribution in [3.8, 4) is 0 Å². The van der Waals surface area contributed by atoms with Crippen molar-refractivity contribution < 1.29 is 28.5 Å². The molecule has 0 fully saturated rings. The third-order valence-corrected chi connectivity index (χ3v) is 6.15.